The first-order valence-corrected chi connectivity index (χ1v) is 5.08. The van der Waals surface area contributed by atoms with Crippen LogP contribution in [0, 0.1) is 0 Å². The van der Waals surface area contributed by atoms with Crippen LogP contribution in [-0.4, -0.2) is 39.6 Å². The normalized spacial score (nSPS) is 20.9. The number of benzene rings is 1. The average Bonchev–Trinajstić information content (AvgIpc) is 2.30. The van der Waals surface area contributed by atoms with Crippen LogP contribution in [0.4, 0.5) is 0 Å². The Kier molecular flexibility index (Phi) is 2.72. The Morgan fingerprint density at radius 1 is 1.41 bits per heavy atom. The fraction of sp³-hybridized carbons (Fsp3) is 0.273. The van der Waals surface area contributed by atoms with E-state index < -0.39 is 18.1 Å². The summed E-state index contributed by atoms with van der Waals surface area (Å²) in [5.74, 6) is -1.44. The molecule has 0 radical (unpaired) electrons. The predicted molar refractivity (Wildman–Crippen MR) is 58.2 cm³/mol. The van der Waals surface area contributed by atoms with Crippen LogP contribution in [0.3, 0.4) is 0 Å². The highest BCUT2D eigenvalue weighted by molar-refractivity contribution is 5.92. The first-order valence-electron chi connectivity index (χ1n) is 5.08. The van der Waals surface area contributed by atoms with E-state index in [4.69, 9.17) is 15.9 Å². The van der Waals surface area contributed by atoms with Gasteiger partial charge in [-0.05, 0) is 17.7 Å². The Bertz CT molecular complexity index is 457. The summed E-state index contributed by atoms with van der Waals surface area (Å²) < 4.78 is 0. The zero-order valence-corrected chi connectivity index (χ0v) is 8.91. The molecule has 1 heterocycles. The number of hydrogen-bond donors (Lipinski definition) is 3. The van der Waals surface area contributed by atoms with Crippen molar-refractivity contribution < 1.29 is 19.8 Å². The number of nitrogens with two attached hydrogens (primary N) is 1. The minimum absolute atomic E-state index is 0.0459. The molecule has 1 aliphatic rings. The smallest absolute Gasteiger partial charge is 0.331 e. The highest BCUT2D eigenvalue weighted by Crippen LogP contribution is 2.27. The lowest BCUT2D eigenvalue weighted by Gasteiger charge is -2.40. The van der Waals surface area contributed by atoms with Crippen molar-refractivity contribution in [3.63, 3.8) is 0 Å². The number of carbonyl (C=O) groups excluding carboxylic acids is 1. The summed E-state index contributed by atoms with van der Waals surface area (Å²) in [6.45, 7) is 0.233. The fourth-order valence-electron chi connectivity index (χ4n) is 1.83. The maximum absolute atomic E-state index is 11.4. The Balaban J connectivity index is 2.27. The monoisotopic (exact) mass is 236 g/mol. The predicted octanol–water partition coefficient (Wildman–Crippen LogP) is -0.313. The molecule has 6 nitrogen and oxygen atoms in total. The number of aliphatic carboxylic acids is 1. The highest BCUT2D eigenvalue weighted by Gasteiger charge is 2.42. The number of amides is 1. The second-order valence-electron chi connectivity index (χ2n) is 3.93. The van der Waals surface area contributed by atoms with E-state index in [2.05, 4.69) is 0 Å². The number of carbonyl (C=O) groups is 2. The number of β-lactam (4-membered cyclic amide) rings is 1. The Labute approximate surface area is 97.3 Å². The van der Waals surface area contributed by atoms with Gasteiger partial charge in [-0.15, -0.1) is 0 Å². The number of rotatable bonds is 3. The molecule has 6 heteroatoms. The fourth-order valence-corrected chi connectivity index (χ4v) is 1.83. The molecule has 17 heavy (non-hydrogen) atoms. The average molecular weight is 236 g/mol. The maximum Gasteiger partial charge on any atom is 0.331 e. The van der Waals surface area contributed by atoms with E-state index in [9.17, 15) is 9.59 Å². The molecule has 0 unspecified atom stereocenters. The van der Waals surface area contributed by atoms with E-state index in [-0.39, 0.29) is 18.2 Å². The van der Waals surface area contributed by atoms with Crippen molar-refractivity contribution in [2.45, 2.75) is 12.1 Å². The van der Waals surface area contributed by atoms with Gasteiger partial charge in [-0.3, -0.25) is 4.79 Å². The van der Waals surface area contributed by atoms with E-state index in [1.807, 2.05) is 0 Å². The van der Waals surface area contributed by atoms with E-state index in [0.717, 1.165) is 0 Å². The van der Waals surface area contributed by atoms with Gasteiger partial charge >= 0.3 is 5.97 Å². The van der Waals surface area contributed by atoms with Crippen LogP contribution in [0.1, 0.15) is 11.6 Å². The minimum atomic E-state index is -1.11. The van der Waals surface area contributed by atoms with Crippen LogP contribution in [-0.2, 0) is 9.59 Å². The SMILES string of the molecule is N[C@H]1CN([C@@H](C(=O)O)c2ccc(O)cc2)C1=O. The molecule has 0 spiro atoms. The second kappa shape index (κ2) is 4.06. The largest absolute Gasteiger partial charge is 0.508 e. The Hall–Kier alpha value is -2.08. The summed E-state index contributed by atoms with van der Waals surface area (Å²) in [6.07, 6.45) is 0. The van der Waals surface area contributed by atoms with Gasteiger partial charge in [0.25, 0.3) is 0 Å². The molecular weight excluding hydrogens is 224 g/mol. The van der Waals surface area contributed by atoms with Crippen LogP contribution >= 0.6 is 0 Å². The number of carboxylic acid groups (broad SMARTS) is 1. The summed E-state index contributed by atoms with van der Waals surface area (Å²) in [7, 11) is 0. The van der Waals surface area contributed by atoms with Crippen LogP contribution in [0.5, 0.6) is 5.75 Å². The van der Waals surface area contributed by atoms with Crippen LogP contribution in [0.15, 0.2) is 24.3 Å². The van der Waals surface area contributed by atoms with Gasteiger partial charge in [-0.25, -0.2) is 4.79 Å². The molecular formula is C11H12N2O4. The van der Waals surface area contributed by atoms with Gasteiger partial charge in [-0.2, -0.15) is 0 Å². The summed E-state index contributed by atoms with van der Waals surface area (Å²) in [4.78, 5) is 23.8. The van der Waals surface area contributed by atoms with Gasteiger partial charge in [0.15, 0.2) is 6.04 Å². The maximum atomic E-state index is 11.4. The molecule has 90 valence electrons. The second-order valence-corrected chi connectivity index (χ2v) is 3.93. The molecule has 1 saturated heterocycles. The van der Waals surface area contributed by atoms with Crippen molar-refractivity contribution in [2.24, 2.45) is 5.73 Å². The number of carboxylic acids is 1. The van der Waals surface area contributed by atoms with Crippen molar-refractivity contribution in [1.29, 1.82) is 0 Å². The number of phenols is 1. The molecule has 0 aliphatic carbocycles. The van der Waals surface area contributed by atoms with Crippen molar-refractivity contribution >= 4 is 11.9 Å². The molecule has 2 rings (SSSR count). The standard InChI is InChI=1S/C11H12N2O4/c12-8-5-13(10(8)15)9(11(16)17)6-1-3-7(14)4-2-6/h1-4,8-9,14H,5,12H2,(H,16,17)/t8-,9+/m0/s1. The molecule has 1 fully saturated rings. The minimum Gasteiger partial charge on any atom is -0.508 e. The molecule has 1 aliphatic heterocycles. The third-order valence-corrected chi connectivity index (χ3v) is 2.75. The van der Waals surface area contributed by atoms with Gasteiger partial charge < -0.3 is 20.8 Å². The molecule has 0 bridgehead atoms. The summed E-state index contributed by atoms with van der Waals surface area (Å²) in [6, 6.07) is 4.08. The molecule has 1 aromatic carbocycles. The Morgan fingerprint density at radius 2 is 2.00 bits per heavy atom. The molecule has 1 aromatic rings. The number of phenolic OH excluding ortho intramolecular Hbond substituents is 1. The van der Waals surface area contributed by atoms with Gasteiger partial charge in [0.2, 0.25) is 5.91 Å². The summed E-state index contributed by atoms with van der Waals surface area (Å²) in [5.41, 5.74) is 5.87. The van der Waals surface area contributed by atoms with Crippen molar-refractivity contribution in [1.82, 2.24) is 4.90 Å². The van der Waals surface area contributed by atoms with Gasteiger partial charge in [0.05, 0.1) is 0 Å². The van der Waals surface area contributed by atoms with E-state index in [1.54, 1.807) is 0 Å². The first-order chi connectivity index (χ1) is 8.00. The van der Waals surface area contributed by atoms with Crippen molar-refractivity contribution in [2.75, 3.05) is 6.54 Å². The van der Waals surface area contributed by atoms with E-state index in [1.165, 1.54) is 29.2 Å². The lowest BCUT2D eigenvalue weighted by Crippen LogP contribution is -2.62. The summed E-state index contributed by atoms with van der Waals surface area (Å²) in [5, 5.41) is 18.3. The Morgan fingerprint density at radius 3 is 2.41 bits per heavy atom. The topological polar surface area (TPSA) is 104 Å². The molecule has 1 amide bonds. The third kappa shape index (κ3) is 1.94. The van der Waals surface area contributed by atoms with E-state index in [0.29, 0.717) is 5.56 Å². The molecule has 0 aromatic heterocycles. The zero-order valence-electron chi connectivity index (χ0n) is 8.91. The number of likely N-dealkylation sites (tertiary alicyclic amines) is 1. The number of hydrogen-bond acceptors (Lipinski definition) is 4. The molecule has 4 N–H and O–H groups in total. The van der Waals surface area contributed by atoms with Crippen molar-refractivity contribution in [3.8, 4) is 5.75 Å². The van der Waals surface area contributed by atoms with Crippen LogP contribution < -0.4 is 5.73 Å². The molecule has 0 saturated carbocycles. The quantitative estimate of drug-likeness (QED) is 0.624. The van der Waals surface area contributed by atoms with Crippen molar-refractivity contribution in [3.05, 3.63) is 29.8 Å². The van der Waals surface area contributed by atoms with Crippen LogP contribution in [0.2, 0.25) is 0 Å². The van der Waals surface area contributed by atoms with Gasteiger partial charge in [-0.1, -0.05) is 12.1 Å². The lowest BCUT2D eigenvalue weighted by atomic mass is 9.99. The summed E-state index contributed by atoms with van der Waals surface area (Å²) >= 11 is 0. The first kappa shape index (κ1) is 11.4. The van der Waals surface area contributed by atoms with Gasteiger partial charge in [0.1, 0.15) is 11.8 Å². The number of nitrogens with zero attached hydrogens (tertiary/aromatic N) is 1. The van der Waals surface area contributed by atoms with Crippen LogP contribution in [0.25, 0.3) is 0 Å². The van der Waals surface area contributed by atoms with E-state index >= 15 is 0 Å². The highest BCUT2D eigenvalue weighted by atomic mass is 16.4. The third-order valence-electron chi connectivity index (χ3n) is 2.75. The van der Waals surface area contributed by atoms with Gasteiger partial charge in [0, 0.05) is 6.54 Å². The zero-order chi connectivity index (χ0) is 12.6. The lowest BCUT2D eigenvalue weighted by molar-refractivity contribution is -0.158. The molecule has 2 atom stereocenters. The number of aromatic hydroxyl groups is 1.